The van der Waals surface area contributed by atoms with Crippen LogP contribution in [0.25, 0.3) is 11.0 Å². The Morgan fingerprint density at radius 2 is 1.93 bits per heavy atom. The number of imidazole rings is 1. The number of rotatable bonds is 7. The number of likely N-dealkylation sites (tertiary alicyclic amines) is 1. The fourth-order valence-corrected chi connectivity index (χ4v) is 6.50. The van der Waals surface area contributed by atoms with E-state index in [2.05, 4.69) is 15.5 Å². The number of halogens is 2. The van der Waals surface area contributed by atoms with Crippen molar-refractivity contribution in [3.63, 3.8) is 0 Å². The average Bonchev–Trinajstić information content (AvgIpc) is 3.34. The fourth-order valence-electron chi connectivity index (χ4n) is 6.34. The van der Waals surface area contributed by atoms with Crippen molar-refractivity contribution in [2.75, 3.05) is 33.4 Å². The Morgan fingerprint density at radius 3 is 2.67 bits per heavy atom. The number of carbonyl (C=O) groups excluding carboxylic acids is 1. The molecule has 4 heterocycles. The highest BCUT2D eigenvalue weighted by atomic mass is 35.5. The number of fused-ring (bicyclic) bond motifs is 2. The second kappa shape index (κ2) is 11.8. The van der Waals surface area contributed by atoms with Crippen LogP contribution in [0.4, 0.5) is 4.39 Å². The summed E-state index contributed by atoms with van der Waals surface area (Å²) in [5.41, 5.74) is 3.87. The Kier molecular flexibility index (Phi) is 7.71. The lowest BCUT2D eigenvalue weighted by Crippen LogP contribution is -2.35. The van der Waals surface area contributed by atoms with Gasteiger partial charge in [0.25, 0.3) is 0 Å². The SMILES string of the molecule is COC(=O)c1ccc2nc(CN3CCC(c4cccc5c4OCC(c4ccc(Cl)cc4F)O5)CC3)n(CC3CCO3)c2c1. The van der Waals surface area contributed by atoms with Crippen molar-refractivity contribution < 1.29 is 28.1 Å². The number of hydrogen-bond acceptors (Lipinski definition) is 7. The van der Waals surface area contributed by atoms with Gasteiger partial charge < -0.3 is 23.5 Å². The molecule has 4 aromatic rings. The van der Waals surface area contributed by atoms with Crippen molar-refractivity contribution in [3.8, 4) is 11.5 Å². The molecule has 8 nitrogen and oxygen atoms in total. The van der Waals surface area contributed by atoms with E-state index in [0.717, 1.165) is 67.1 Å². The summed E-state index contributed by atoms with van der Waals surface area (Å²) in [6.45, 7) is 4.25. The minimum absolute atomic E-state index is 0.158. The summed E-state index contributed by atoms with van der Waals surface area (Å²) in [5, 5.41) is 0.351. The van der Waals surface area contributed by atoms with Crippen LogP contribution in [-0.4, -0.2) is 59.9 Å². The first-order valence-corrected chi connectivity index (χ1v) is 15.1. The van der Waals surface area contributed by atoms with Gasteiger partial charge in [0.1, 0.15) is 18.2 Å². The molecule has 2 fully saturated rings. The quantitative estimate of drug-likeness (QED) is 0.229. The molecule has 0 N–H and O–H groups in total. The maximum absolute atomic E-state index is 14.6. The van der Waals surface area contributed by atoms with Crippen LogP contribution in [-0.2, 0) is 22.6 Å². The highest BCUT2D eigenvalue weighted by Crippen LogP contribution is 2.44. The van der Waals surface area contributed by atoms with Crippen molar-refractivity contribution >= 4 is 28.6 Å². The lowest BCUT2D eigenvalue weighted by atomic mass is 9.88. The van der Waals surface area contributed by atoms with Crippen LogP contribution in [0.5, 0.6) is 11.5 Å². The minimum Gasteiger partial charge on any atom is -0.485 e. The number of ether oxygens (including phenoxy) is 4. The van der Waals surface area contributed by atoms with Crippen molar-refractivity contribution in [2.24, 2.45) is 0 Å². The predicted octanol–water partition coefficient (Wildman–Crippen LogP) is 6.30. The summed E-state index contributed by atoms with van der Waals surface area (Å²) in [5.74, 6) is 1.94. The van der Waals surface area contributed by atoms with Gasteiger partial charge in [0.05, 0.1) is 42.9 Å². The highest BCUT2D eigenvalue weighted by molar-refractivity contribution is 6.30. The molecule has 0 saturated carbocycles. The van der Waals surface area contributed by atoms with Gasteiger partial charge >= 0.3 is 5.97 Å². The highest BCUT2D eigenvalue weighted by Gasteiger charge is 2.31. The Morgan fingerprint density at radius 1 is 1.09 bits per heavy atom. The van der Waals surface area contributed by atoms with Gasteiger partial charge in [-0.15, -0.1) is 0 Å². The van der Waals surface area contributed by atoms with Gasteiger partial charge in [-0.1, -0.05) is 29.8 Å². The first-order chi connectivity index (χ1) is 21.0. The van der Waals surface area contributed by atoms with Crippen LogP contribution in [0, 0.1) is 5.82 Å². The second-order valence-corrected chi connectivity index (χ2v) is 11.9. The van der Waals surface area contributed by atoms with E-state index in [-0.39, 0.29) is 18.7 Å². The van der Waals surface area contributed by atoms with Crippen molar-refractivity contribution in [3.05, 3.63) is 88.0 Å². The van der Waals surface area contributed by atoms with Gasteiger partial charge in [-0.05, 0) is 74.7 Å². The molecule has 7 rings (SSSR count). The summed E-state index contributed by atoms with van der Waals surface area (Å²) in [6, 6.07) is 16.1. The van der Waals surface area contributed by atoms with Crippen molar-refractivity contribution in [1.82, 2.24) is 14.5 Å². The van der Waals surface area contributed by atoms with E-state index in [0.29, 0.717) is 40.9 Å². The lowest BCUT2D eigenvalue weighted by molar-refractivity contribution is -0.0592. The van der Waals surface area contributed by atoms with Gasteiger partial charge in [-0.25, -0.2) is 14.2 Å². The van der Waals surface area contributed by atoms with Crippen LogP contribution < -0.4 is 9.47 Å². The Balaban J connectivity index is 1.05. The first kappa shape index (κ1) is 28.1. The minimum atomic E-state index is -0.532. The van der Waals surface area contributed by atoms with E-state index < -0.39 is 11.9 Å². The van der Waals surface area contributed by atoms with E-state index in [1.165, 1.54) is 13.2 Å². The summed E-state index contributed by atoms with van der Waals surface area (Å²) in [4.78, 5) is 19.6. The molecule has 2 saturated heterocycles. The molecular formula is C33H33ClFN3O5. The molecule has 3 aromatic carbocycles. The number of piperidine rings is 1. The lowest BCUT2D eigenvalue weighted by Gasteiger charge is -2.35. The zero-order valence-corrected chi connectivity index (χ0v) is 24.7. The third-order valence-electron chi connectivity index (χ3n) is 8.79. The van der Waals surface area contributed by atoms with Gasteiger partial charge in [0.2, 0.25) is 0 Å². The third-order valence-corrected chi connectivity index (χ3v) is 9.02. The fraction of sp³-hybridized carbons (Fsp3) is 0.394. The first-order valence-electron chi connectivity index (χ1n) is 14.8. The Bertz CT molecular complexity index is 1660. The van der Waals surface area contributed by atoms with E-state index in [9.17, 15) is 9.18 Å². The standard InChI is InChI=1S/C33H33ClFN3O5/c1-40-33(39)21-5-8-27-28(15-21)38(17-23-11-14-41-23)31(36-27)18-37-12-9-20(10-13-37)24-3-2-4-29-32(24)42-19-30(43-29)25-7-6-22(34)16-26(25)35/h2-8,15-16,20,23,30H,9-14,17-19H2,1H3. The molecule has 2 unspecified atom stereocenters. The third kappa shape index (κ3) is 5.57. The topological polar surface area (TPSA) is 75.0 Å². The molecule has 1 aromatic heterocycles. The summed E-state index contributed by atoms with van der Waals surface area (Å²) in [7, 11) is 1.39. The van der Waals surface area contributed by atoms with Gasteiger partial charge in [0.15, 0.2) is 17.6 Å². The number of para-hydroxylation sites is 1. The molecule has 0 spiro atoms. The number of aromatic nitrogens is 2. The van der Waals surface area contributed by atoms with Crippen LogP contribution in [0.1, 0.15) is 58.6 Å². The van der Waals surface area contributed by atoms with E-state index in [4.69, 9.17) is 35.5 Å². The molecule has 224 valence electrons. The monoisotopic (exact) mass is 605 g/mol. The molecular weight excluding hydrogens is 573 g/mol. The molecule has 0 aliphatic carbocycles. The number of esters is 1. The summed E-state index contributed by atoms with van der Waals surface area (Å²) >= 11 is 5.93. The molecule has 3 aliphatic rings. The number of methoxy groups -OCH3 is 1. The zero-order valence-electron chi connectivity index (χ0n) is 23.9. The van der Waals surface area contributed by atoms with Crippen molar-refractivity contribution in [2.45, 2.75) is 50.5 Å². The van der Waals surface area contributed by atoms with Gasteiger partial charge in [-0.2, -0.15) is 0 Å². The molecule has 2 atom stereocenters. The normalized spacial score (nSPS) is 20.6. The van der Waals surface area contributed by atoms with E-state index >= 15 is 0 Å². The molecule has 43 heavy (non-hydrogen) atoms. The largest absolute Gasteiger partial charge is 0.485 e. The van der Waals surface area contributed by atoms with E-state index in [1.54, 1.807) is 18.2 Å². The smallest absolute Gasteiger partial charge is 0.337 e. The number of benzene rings is 3. The second-order valence-electron chi connectivity index (χ2n) is 11.4. The summed E-state index contributed by atoms with van der Waals surface area (Å²) in [6.07, 6.45) is 2.58. The molecule has 0 bridgehead atoms. The average molecular weight is 606 g/mol. The van der Waals surface area contributed by atoms with Gasteiger partial charge in [-0.3, -0.25) is 4.90 Å². The van der Waals surface area contributed by atoms with E-state index in [1.807, 2.05) is 24.3 Å². The maximum atomic E-state index is 14.6. The Labute approximate surface area is 254 Å². The van der Waals surface area contributed by atoms with Crippen LogP contribution in [0.2, 0.25) is 5.02 Å². The van der Waals surface area contributed by atoms with Crippen LogP contribution in [0.3, 0.4) is 0 Å². The summed E-state index contributed by atoms with van der Waals surface area (Å²) < 4.78 is 39.9. The zero-order chi connectivity index (χ0) is 29.5. The van der Waals surface area contributed by atoms with Gasteiger partial charge in [0, 0.05) is 22.8 Å². The van der Waals surface area contributed by atoms with Crippen LogP contribution in [0.15, 0.2) is 54.6 Å². The predicted molar refractivity (Wildman–Crippen MR) is 159 cm³/mol. The number of hydrogen-bond donors (Lipinski definition) is 0. The maximum Gasteiger partial charge on any atom is 0.337 e. The molecule has 3 aliphatic heterocycles. The molecule has 0 amide bonds. The molecule has 0 radical (unpaired) electrons. The molecule has 10 heteroatoms. The van der Waals surface area contributed by atoms with Crippen molar-refractivity contribution in [1.29, 1.82) is 0 Å². The number of nitrogens with zero attached hydrogens (tertiary/aromatic N) is 3. The van der Waals surface area contributed by atoms with Crippen LogP contribution >= 0.6 is 11.6 Å². The number of carbonyl (C=O) groups is 1. The Hall–Kier alpha value is -3.66.